The van der Waals surface area contributed by atoms with Crippen molar-refractivity contribution in [1.29, 1.82) is 0 Å². The van der Waals surface area contributed by atoms with Crippen molar-refractivity contribution in [3.8, 4) is 0 Å². The molecule has 0 aromatic heterocycles. The summed E-state index contributed by atoms with van der Waals surface area (Å²) in [7, 11) is 5.53. The number of hydrogen-bond donors (Lipinski definition) is 3. The molecular weight excluding hydrogens is 350 g/mol. The monoisotopic (exact) mass is 381 g/mol. The summed E-state index contributed by atoms with van der Waals surface area (Å²) in [6.07, 6.45) is 0.819. The predicted molar refractivity (Wildman–Crippen MR) is 116 cm³/mol. The lowest BCUT2D eigenvalue weighted by Gasteiger charge is -2.18. The highest BCUT2D eigenvalue weighted by molar-refractivity contribution is 5.94. The molecule has 0 radical (unpaired) electrons. The number of amides is 1. The summed E-state index contributed by atoms with van der Waals surface area (Å²) in [5.41, 5.74) is 3.11. The molecule has 2 aromatic rings. The molecule has 0 saturated carbocycles. The Morgan fingerprint density at radius 2 is 1.71 bits per heavy atom. The largest absolute Gasteiger partial charge is 0.356 e. The number of nitrogens with one attached hydrogen (secondary N) is 3. The average Bonchev–Trinajstić information content (AvgIpc) is 2.73. The number of benzene rings is 2. The summed E-state index contributed by atoms with van der Waals surface area (Å²) in [5, 5.41) is 9.32. The van der Waals surface area contributed by atoms with Crippen LogP contribution >= 0.6 is 0 Å². The molecule has 0 aliphatic heterocycles. The molecular formula is C22H31N5O. The molecule has 6 nitrogen and oxygen atoms in total. The van der Waals surface area contributed by atoms with Crippen molar-refractivity contribution in [2.45, 2.75) is 13.0 Å². The number of carbonyl (C=O) groups is 1. The number of nitrogens with zero attached hydrogens (tertiary/aromatic N) is 2. The summed E-state index contributed by atoms with van der Waals surface area (Å²) in [6.45, 7) is 3.41. The Labute approximate surface area is 168 Å². The van der Waals surface area contributed by atoms with Gasteiger partial charge in [-0.05, 0) is 36.7 Å². The molecule has 0 bridgehead atoms. The van der Waals surface area contributed by atoms with E-state index in [-0.39, 0.29) is 5.91 Å². The molecule has 0 spiro atoms. The Morgan fingerprint density at radius 1 is 1.00 bits per heavy atom. The van der Waals surface area contributed by atoms with E-state index in [0.29, 0.717) is 5.56 Å². The van der Waals surface area contributed by atoms with Gasteiger partial charge < -0.3 is 20.9 Å². The van der Waals surface area contributed by atoms with Crippen LogP contribution in [0.2, 0.25) is 0 Å². The van der Waals surface area contributed by atoms with Gasteiger partial charge in [0.15, 0.2) is 5.96 Å². The third kappa shape index (κ3) is 7.40. The van der Waals surface area contributed by atoms with Gasteiger partial charge in [-0.2, -0.15) is 0 Å². The van der Waals surface area contributed by atoms with Gasteiger partial charge in [0.1, 0.15) is 0 Å². The van der Waals surface area contributed by atoms with E-state index in [1.54, 1.807) is 14.1 Å². The molecule has 0 aliphatic carbocycles. The van der Waals surface area contributed by atoms with Crippen LogP contribution in [0, 0.1) is 0 Å². The van der Waals surface area contributed by atoms with Gasteiger partial charge in [-0.25, -0.2) is 0 Å². The van der Waals surface area contributed by atoms with Crippen LogP contribution in [-0.2, 0) is 13.0 Å². The average molecular weight is 382 g/mol. The molecule has 0 fully saturated rings. The Kier molecular flexibility index (Phi) is 9.01. The lowest BCUT2D eigenvalue weighted by atomic mass is 10.1. The third-order valence-electron chi connectivity index (χ3n) is 4.43. The quantitative estimate of drug-likeness (QED) is 0.458. The van der Waals surface area contributed by atoms with E-state index in [4.69, 9.17) is 0 Å². The first-order chi connectivity index (χ1) is 13.6. The SMILES string of the molecule is CN=C(NCCc1cccc(C(=O)NC)c1)NCCN(C)Cc1ccccc1. The highest BCUT2D eigenvalue weighted by atomic mass is 16.1. The summed E-state index contributed by atoms with van der Waals surface area (Å²) in [4.78, 5) is 18.3. The molecule has 3 N–H and O–H groups in total. The zero-order valence-corrected chi connectivity index (χ0v) is 17.0. The number of hydrogen-bond acceptors (Lipinski definition) is 3. The maximum atomic E-state index is 11.7. The molecule has 0 heterocycles. The Hall–Kier alpha value is -2.86. The highest BCUT2D eigenvalue weighted by Crippen LogP contribution is 2.05. The second-order valence-corrected chi connectivity index (χ2v) is 6.68. The molecule has 6 heteroatoms. The maximum Gasteiger partial charge on any atom is 0.251 e. The first-order valence-electron chi connectivity index (χ1n) is 9.60. The summed E-state index contributed by atoms with van der Waals surface area (Å²) < 4.78 is 0. The standard InChI is InChI=1S/C22H31N5O/c1-23-21(28)20-11-7-10-18(16-20)12-13-25-22(24-2)26-14-15-27(3)17-19-8-5-4-6-9-19/h4-11,16H,12-15,17H2,1-3H3,(H,23,28)(H2,24,25,26). The summed E-state index contributed by atoms with van der Waals surface area (Å²) in [5.74, 6) is 0.725. The minimum Gasteiger partial charge on any atom is -0.356 e. The summed E-state index contributed by atoms with van der Waals surface area (Å²) >= 11 is 0. The minimum absolute atomic E-state index is 0.0630. The molecule has 2 rings (SSSR count). The van der Waals surface area contributed by atoms with Crippen molar-refractivity contribution in [2.24, 2.45) is 4.99 Å². The summed E-state index contributed by atoms with van der Waals surface area (Å²) in [6, 6.07) is 18.1. The van der Waals surface area contributed by atoms with Crippen molar-refractivity contribution < 1.29 is 4.79 Å². The second-order valence-electron chi connectivity index (χ2n) is 6.68. The predicted octanol–water partition coefficient (Wildman–Crippen LogP) is 1.89. The Balaban J connectivity index is 1.69. The van der Waals surface area contributed by atoms with Crippen LogP contribution in [0.1, 0.15) is 21.5 Å². The molecule has 1 amide bonds. The Morgan fingerprint density at radius 3 is 2.43 bits per heavy atom. The lowest BCUT2D eigenvalue weighted by Crippen LogP contribution is -2.41. The van der Waals surface area contributed by atoms with Gasteiger partial charge in [0.05, 0.1) is 0 Å². The number of aliphatic imine (C=N–C) groups is 1. The van der Waals surface area contributed by atoms with E-state index in [1.165, 1.54) is 5.56 Å². The number of rotatable bonds is 9. The van der Waals surface area contributed by atoms with Crippen LogP contribution in [0.4, 0.5) is 0 Å². The van der Waals surface area contributed by atoms with Gasteiger partial charge in [0.25, 0.3) is 5.91 Å². The zero-order valence-electron chi connectivity index (χ0n) is 17.0. The smallest absolute Gasteiger partial charge is 0.251 e. The van der Waals surface area contributed by atoms with Crippen molar-refractivity contribution >= 4 is 11.9 Å². The van der Waals surface area contributed by atoms with Gasteiger partial charge in [0.2, 0.25) is 0 Å². The van der Waals surface area contributed by atoms with Gasteiger partial charge in [0, 0.05) is 45.8 Å². The van der Waals surface area contributed by atoms with E-state index in [9.17, 15) is 4.79 Å². The minimum atomic E-state index is -0.0630. The van der Waals surface area contributed by atoms with Gasteiger partial charge >= 0.3 is 0 Å². The second kappa shape index (κ2) is 11.8. The first-order valence-corrected chi connectivity index (χ1v) is 9.60. The fourth-order valence-corrected chi connectivity index (χ4v) is 2.90. The van der Waals surface area contributed by atoms with Crippen LogP contribution in [0.25, 0.3) is 0 Å². The van der Waals surface area contributed by atoms with Crippen molar-refractivity contribution in [2.75, 3.05) is 40.8 Å². The maximum absolute atomic E-state index is 11.7. The van der Waals surface area contributed by atoms with Crippen LogP contribution in [0.15, 0.2) is 59.6 Å². The highest BCUT2D eigenvalue weighted by Gasteiger charge is 2.04. The van der Waals surface area contributed by atoms with Crippen LogP contribution in [-0.4, -0.2) is 57.5 Å². The fraction of sp³-hybridized carbons (Fsp3) is 0.364. The van der Waals surface area contributed by atoms with E-state index in [2.05, 4.69) is 57.2 Å². The fourth-order valence-electron chi connectivity index (χ4n) is 2.90. The van der Waals surface area contributed by atoms with Crippen LogP contribution in [0.5, 0.6) is 0 Å². The van der Waals surface area contributed by atoms with Crippen molar-refractivity contribution in [3.05, 3.63) is 71.3 Å². The number of carbonyl (C=O) groups excluding carboxylic acids is 1. The first kappa shape index (κ1) is 21.4. The van der Waals surface area contributed by atoms with Crippen LogP contribution < -0.4 is 16.0 Å². The van der Waals surface area contributed by atoms with E-state index >= 15 is 0 Å². The third-order valence-corrected chi connectivity index (χ3v) is 4.43. The van der Waals surface area contributed by atoms with Gasteiger partial charge in [-0.1, -0.05) is 42.5 Å². The molecule has 0 unspecified atom stereocenters. The molecule has 150 valence electrons. The molecule has 0 aliphatic rings. The molecule has 0 saturated heterocycles. The van der Waals surface area contributed by atoms with Crippen molar-refractivity contribution in [3.63, 3.8) is 0 Å². The van der Waals surface area contributed by atoms with Crippen LogP contribution in [0.3, 0.4) is 0 Å². The molecule has 0 atom stereocenters. The van der Waals surface area contributed by atoms with E-state index < -0.39 is 0 Å². The number of guanidine groups is 1. The van der Waals surface area contributed by atoms with E-state index in [1.807, 2.05) is 30.3 Å². The number of likely N-dealkylation sites (N-methyl/N-ethyl adjacent to an activating group) is 1. The zero-order chi connectivity index (χ0) is 20.2. The molecule has 28 heavy (non-hydrogen) atoms. The van der Waals surface area contributed by atoms with Crippen molar-refractivity contribution in [1.82, 2.24) is 20.9 Å². The van der Waals surface area contributed by atoms with E-state index in [0.717, 1.165) is 44.1 Å². The molecule has 2 aromatic carbocycles. The topological polar surface area (TPSA) is 68.8 Å². The van der Waals surface area contributed by atoms with Gasteiger partial charge in [-0.3, -0.25) is 9.79 Å². The van der Waals surface area contributed by atoms with Gasteiger partial charge in [-0.15, -0.1) is 0 Å². The Bertz CT molecular complexity index is 761. The lowest BCUT2D eigenvalue weighted by molar-refractivity contribution is 0.0963. The normalized spacial score (nSPS) is 11.4.